The molecule has 0 spiro atoms. The molecule has 7 atom stereocenters. The molecule has 2 fully saturated rings. The van der Waals surface area contributed by atoms with Crippen LogP contribution in [0, 0.1) is 0 Å². The van der Waals surface area contributed by atoms with Gasteiger partial charge in [-0.1, -0.05) is 97.1 Å². The first kappa shape index (κ1) is 41.3. The van der Waals surface area contributed by atoms with E-state index in [2.05, 4.69) is 10.2 Å². The van der Waals surface area contributed by atoms with E-state index in [1.54, 1.807) is 7.05 Å². The van der Waals surface area contributed by atoms with Crippen LogP contribution in [0.1, 0.15) is 46.2 Å². The molecule has 0 unspecified atom stereocenters. The van der Waals surface area contributed by atoms with E-state index in [4.69, 9.17) is 23.7 Å². The number of hydrogen-bond acceptors (Lipinski definition) is 10. The number of likely N-dealkylation sites (N-methyl/N-ethyl adjacent to an activating group) is 1. The maximum absolute atomic E-state index is 14.6. The molecular weight excluding hydrogens is 739 g/mol. The summed E-state index contributed by atoms with van der Waals surface area (Å²) in [5.41, 5.74) is 4.66. The normalized spacial score (nSPS) is 22.1. The molecule has 58 heavy (non-hydrogen) atoms. The van der Waals surface area contributed by atoms with Gasteiger partial charge in [-0.05, 0) is 46.4 Å². The molecular formula is C46H55N3O9. The molecule has 2 aliphatic heterocycles. The quantitative estimate of drug-likeness (QED) is 0.138. The fourth-order valence-electron chi connectivity index (χ4n) is 8.17. The van der Waals surface area contributed by atoms with E-state index >= 15 is 0 Å². The van der Waals surface area contributed by atoms with Gasteiger partial charge in [0.25, 0.3) is 0 Å². The second-order valence-electron chi connectivity index (χ2n) is 15.3. The molecule has 7 rings (SSSR count). The Hall–Kier alpha value is -4.82. The van der Waals surface area contributed by atoms with E-state index in [0.717, 1.165) is 66.4 Å². The van der Waals surface area contributed by atoms with Gasteiger partial charge in [-0.2, -0.15) is 0 Å². The van der Waals surface area contributed by atoms with Crippen molar-refractivity contribution in [2.45, 2.75) is 68.3 Å². The van der Waals surface area contributed by atoms with Gasteiger partial charge in [-0.15, -0.1) is 0 Å². The first-order valence-corrected chi connectivity index (χ1v) is 20.3. The topological polar surface area (TPSA) is 139 Å². The summed E-state index contributed by atoms with van der Waals surface area (Å²) in [6, 6.07) is 33.1. The second kappa shape index (κ2) is 20.2. The zero-order valence-corrected chi connectivity index (χ0v) is 33.1. The number of alkyl carbamates (subject to hydrolysis) is 1. The van der Waals surface area contributed by atoms with Crippen LogP contribution in [0.4, 0.5) is 4.79 Å². The number of fused-ring (bicyclic) bond motifs is 1. The Kier molecular flexibility index (Phi) is 14.4. The summed E-state index contributed by atoms with van der Waals surface area (Å²) in [6.07, 6.45) is -3.17. The zero-order chi connectivity index (χ0) is 40.3. The van der Waals surface area contributed by atoms with Crippen LogP contribution in [0.15, 0.2) is 109 Å². The van der Waals surface area contributed by atoms with Crippen molar-refractivity contribution in [2.75, 3.05) is 59.7 Å². The summed E-state index contributed by atoms with van der Waals surface area (Å²) in [5, 5.41) is 26.1. The number of carbonyl (C=O) groups is 2. The summed E-state index contributed by atoms with van der Waals surface area (Å²) in [5.74, 6) is -0.180. The largest absolute Gasteiger partial charge is 0.492 e. The number of carbonyl (C=O) groups excluding carboxylic acids is 2. The van der Waals surface area contributed by atoms with Crippen molar-refractivity contribution < 1.29 is 43.5 Å². The smallest absolute Gasteiger partial charge is 0.408 e. The lowest BCUT2D eigenvalue weighted by Crippen LogP contribution is -2.52. The van der Waals surface area contributed by atoms with Gasteiger partial charge in [0.15, 0.2) is 6.10 Å². The van der Waals surface area contributed by atoms with Gasteiger partial charge in [0.1, 0.15) is 24.5 Å². The number of morpholine rings is 1. The van der Waals surface area contributed by atoms with Gasteiger partial charge in [0.2, 0.25) is 5.91 Å². The number of aliphatic hydroxyl groups is 2. The molecule has 12 heteroatoms. The molecule has 12 nitrogen and oxygen atoms in total. The molecule has 1 aliphatic carbocycles. The average Bonchev–Trinajstić information content (AvgIpc) is 3.84. The molecule has 2 saturated heterocycles. The minimum Gasteiger partial charge on any atom is -0.492 e. The highest BCUT2D eigenvalue weighted by atomic mass is 16.6. The molecule has 4 aromatic rings. The van der Waals surface area contributed by atoms with Crippen molar-refractivity contribution >= 4 is 12.0 Å². The number of hydrogen-bond donors (Lipinski definition) is 3. The van der Waals surface area contributed by atoms with E-state index in [9.17, 15) is 19.8 Å². The predicted octanol–water partition coefficient (Wildman–Crippen LogP) is 4.67. The Labute approximate surface area is 340 Å². The van der Waals surface area contributed by atoms with Crippen LogP contribution in [-0.4, -0.2) is 122 Å². The first-order chi connectivity index (χ1) is 28.3. The minimum absolute atomic E-state index is 0.118. The lowest BCUT2D eigenvalue weighted by Gasteiger charge is -2.33. The highest BCUT2D eigenvalue weighted by molar-refractivity contribution is 5.86. The van der Waals surface area contributed by atoms with Crippen LogP contribution in [-0.2, 0) is 43.2 Å². The second-order valence-corrected chi connectivity index (χ2v) is 15.3. The summed E-state index contributed by atoms with van der Waals surface area (Å²) in [4.78, 5) is 32.1. The van der Waals surface area contributed by atoms with Crippen LogP contribution in [0.2, 0.25) is 0 Å². The van der Waals surface area contributed by atoms with E-state index in [1.165, 1.54) is 4.90 Å². The zero-order valence-electron chi connectivity index (χ0n) is 33.1. The average molecular weight is 794 g/mol. The third-order valence-electron chi connectivity index (χ3n) is 11.4. The number of aliphatic hydroxyl groups excluding tert-OH is 2. The number of rotatable bonds is 17. The third-order valence-corrected chi connectivity index (χ3v) is 11.4. The number of amides is 2. The van der Waals surface area contributed by atoms with Crippen LogP contribution >= 0.6 is 0 Å². The summed E-state index contributed by atoms with van der Waals surface area (Å²) in [6.45, 7) is 5.31. The molecule has 0 aromatic heterocycles. The molecule has 2 heterocycles. The van der Waals surface area contributed by atoms with E-state index in [0.29, 0.717) is 26.1 Å². The lowest BCUT2D eigenvalue weighted by molar-refractivity contribution is -0.137. The van der Waals surface area contributed by atoms with E-state index in [1.807, 2.05) is 109 Å². The summed E-state index contributed by atoms with van der Waals surface area (Å²) < 4.78 is 29.1. The van der Waals surface area contributed by atoms with Crippen LogP contribution < -0.4 is 10.1 Å². The Balaban J connectivity index is 1.08. The maximum Gasteiger partial charge on any atom is 0.408 e. The fourth-order valence-corrected chi connectivity index (χ4v) is 8.17. The number of ether oxygens (including phenoxy) is 5. The van der Waals surface area contributed by atoms with Gasteiger partial charge in [-0.3, -0.25) is 9.69 Å². The fraction of sp³-hybridized carbons (Fsp3) is 0.435. The molecule has 308 valence electrons. The number of nitrogens with zero attached hydrogens (tertiary/aromatic N) is 2. The molecule has 0 radical (unpaired) electrons. The summed E-state index contributed by atoms with van der Waals surface area (Å²) in [7, 11) is 1.63. The van der Waals surface area contributed by atoms with Gasteiger partial charge in [-0.25, -0.2) is 4.79 Å². The van der Waals surface area contributed by atoms with Crippen molar-refractivity contribution in [3.05, 3.63) is 137 Å². The Morgan fingerprint density at radius 1 is 0.862 bits per heavy atom. The van der Waals surface area contributed by atoms with Crippen molar-refractivity contribution in [3.63, 3.8) is 0 Å². The van der Waals surface area contributed by atoms with Gasteiger partial charge < -0.3 is 44.1 Å². The van der Waals surface area contributed by atoms with Gasteiger partial charge >= 0.3 is 6.09 Å². The third kappa shape index (κ3) is 10.8. The molecule has 4 aromatic carbocycles. The standard InChI is InChI=1S/C46H55N3O9/c1-48(44-37-15-9-8-14-35(37)27-41(44)51)45(52)39(47-46(53)58-43-31-55-30-42(43)57-29-33-12-6-3-7-13-33)28-40(50)38(26-32-10-4-2-5-11-32)34-16-18-36(19-17-34)56-25-22-49-20-23-54-24-21-49/h2-19,38-44,50-51H,20-31H2,1H3,(H,47,53)/t38-,39+,40-,41+,42-,43+,44-/m0/s1. The molecule has 2 amide bonds. The number of nitrogens with one attached hydrogen (secondary N) is 1. The van der Waals surface area contributed by atoms with Gasteiger partial charge in [0, 0.05) is 45.4 Å². The van der Waals surface area contributed by atoms with E-state index < -0.39 is 54.4 Å². The minimum atomic E-state index is -1.19. The van der Waals surface area contributed by atoms with Gasteiger partial charge in [0.05, 0.1) is 51.3 Å². The predicted molar refractivity (Wildman–Crippen MR) is 217 cm³/mol. The molecule has 3 N–H and O–H groups in total. The highest BCUT2D eigenvalue weighted by Gasteiger charge is 2.40. The molecule has 3 aliphatic rings. The van der Waals surface area contributed by atoms with Crippen LogP contribution in [0.25, 0.3) is 0 Å². The first-order valence-electron chi connectivity index (χ1n) is 20.3. The number of benzene rings is 4. The molecule has 0 bridgehead atoms. The van der Waals surface area contributed by atoms with Crippen molar-refractivity contribution in [3.8, 4) is 5.75 Å². The Morgan fingerprint density at radius 2 is 1.53 bits per heavy atom. The Bertz CT molecular complexity index is 1890. The van der Waals surface area contributed by atoms with E-state index in [-0.39, 0.29) is 19.6 Å². The van der Waals surface area contributed by atoms with Crippen LogP contribution in [0.5, 0.6) is 5.75 Å². The van der Waals surface area contributed by atoms with Crippen LogP contribution in [0.3, 0.4) is 0 Å². The maximum atomic E-state index is 14.6. The highest BCUT2D eigenvalue weighted by Crippen LogP contribution is 2.36. The van der Waals surface area contributed by atoms with Crippen molar-refractivity contribution in [2.24, 2.45) is 0 Å². The SMILES string of the molecule is CN(C(=O)[C@@H](C[C@H](O)[C@@H](Cc1ccccc1)c1ccc(OCCN2CCOCC2)cc1)NC(=O)O[C@@H]1COC[C@@H]1OCc1ccccc1)[C@H]1c2ccccc2C[C@H]1O. The molecule has 0 saturated carbocycles. The monoisotopic (exact) mass is 793 g/mol. The summed E-state index contributed by atoms with van der Waals surface area (Å²) >= 11 is 0. The van der Waals surface area contributed by atoms with Crippen molar-refractivity contribution in [1.82, 2.24) is 15.1 Å². The Morgan fingerprint density at radius 3 is 2.28 bits per heavy atom. The lowest BCUT2D eigenvalue weighted by atomic mass is 9.84. The van der Waals surface area contributed by atoms with Crippen molar-refractivity contribution in [1.29, 1.82) is 0 Å².